The van der Waals surface area contributed by atoms with Crippen molar-refractivity contribution in [1.82, 2.24) is 10.2 Å². The summed E-state index contributed by atoms with van der Waals surface area (Å²) in [6.45, 7) is 5.34. The van der Waals surface area contributed by atoms with Crippen molar-refractivity contribution in [3.8, 4) is 0 Å². The fraction of sp³-hybridized carbons (Fsp3) is 0.286. The van der Waals surface area contributed by atoms with Gasteiger partial charge >= 0.3 is 0 Å². The van der Waals surface area contributed by atoms with Crippen LogP contribution in [0.4, 0.5) is 11.4 Å². The third-order valence-corrected chi connectivity index (χ3v) is 8.39. The number of anilines is 1. The van der Waals surface area contributed by atoms with Gasteiger partial charge in [0.25, 0.3) is 15.7 Å². The van der Waals surface area contributed by atoms with Crippen LogP contribution < -0.4 is 9.62 Å². The Hall–Kier alpha value is -3.77. The number of nitro benzene ring substituents is 1. The van der Waals surface area contributed by atoms with Crippen LogP contribution in [0.1, 0.15) is 26.3 Å². The summed E-state index contributed by atoms with van der Waals surface area (Å²) in [6, 6.07) is 18.8. The van der Waals surface area contributed by atoms with E-state index in [0.29, 0.717) is 6.54 Å². The number of hydrogen-bond donors (Lipinski definition) is 1. The SMILES string of the molecule is CC(C)CNC(=O)[C@@H](C)N(Cc1ccc(Br)cc1)C(=O)CN(c1ccc([N+](=O)[O-])cc1)S(=O)(=O)c1ccccc1. The second-order valence-corrected chi connectivity index (χ2v) is 12.3. The van der Waals surface area contributed by atoms with Crippen molar-refractivity contribution in [2.24, 2.45) is 5.92 Å². The molecule has 0 fully saturated rings. The molecule has 0 aliphatic heterocycles. The van der Waals surface area contributed by atoms with Crippen molar-refractivity contribution in [1.29, 1.82) is 0 Å². The molecule has 0 aromatic heterocycles. The first kappa shape index (κ1) is 30.8. The maximum atomic E-state index is 13.9. The first-order valence-corrected chi connectivity index (χ1v) is 14.8. The summed E-state index contributed by atoms with van der Waals surface area (Å²) in [4.78, 5) is 38.7. The summed E-state index contributed by atoms with van der Waals surface area (Å²) < 4.78 is 29.2. The third-order valence-electron chi connectivity index (χ3n) is 6.08. The van der Waals surface area contributed by atoms with Gasteiger partial charge in [-0.25, -0.2) is 8.42 Å². The first-order valence-electron chi connectivity index (χ1n) is 12.5. The lowest BCUT2D eigenvalue weighted by molar-refractivity contribution is -0.384. The van der Waals surface area contributed by atoms with E-state index in [4.69, 9.17) is 0 Å². The van der Waals surface area contributed by atoms with Gasteiger partial charge in [0, 0.05) is 29.7 Å². The molecule has 3 aromatic carbocycles. The van der Waals surface area contributed by atoms with Gasteiger partial charge in [-0.3, -0.25) is 24.0 Å². The van der Waals surface area contributed by atoms with Gasteiger partial charge in [-0.05, 0) is 54.8 Å². The summed E-state index contributed by atoms with van der Waals surface area (Å²) in [5.74, 6) is -0.791. The van der Waals surface area contributed by atoms with E-state index >= 15 is 0 Å². The topological polar surface area (TPSA) is 130 Å². The molecule has 0 aliphatic rings. The molecule has 0 saturated carbocycles. The molecule has 2 amide bonds. The van der Waals surface area contributed by atoms with Crippen LogP contribution in [-0.2, 0) is 26.2 Å². The monoisotopic (exact) mass is 630 g/mol. The molecule has 10 nitrogen and oxygen atoms in total. The quantitative estimate of drug-likeness (QED) is 0.227. The minimum atomic E-state index is -4.25. The van der Waals surface area contributed by atoms with E-state index in [9.17, 15) is 28.1 Å². The van der Waals surface area contributed by atoms with Gasteiger partial charge in [0.2, 0.25) is 11.8 Å². The van der Waals surface area contributed by atoms with Gasteiger partial charge in [-0.2, -0.15) is 0 Å². The molecule has 0 bridgehead atoms. The molecular weight excluding hydrogens is 600 g/mol. The highest BCUT2D eigenvalue weighted by molar-refractivity contribution is 9.10. The predicted octanol–water partition coefficient (Wildman–Crippen LogP) is 4.74. The Balaban J connectivity index is 2.01. The minimum Gasteiger partial charge on any atom is -0.354 e. The Morgan fingerprint density at radius 3 is 2.10 bits per heavy atom. The van der Waals surface area contributed by atoms with Crippen molar-refractivity contribution in [2.75, 3.05) is 17.4 Å². The highest BCUT2D eigenvalue weighted by Gasteiger charge is 2.32. The van der Waals surface area contributed by atoms with Crippen molar-refractivity contribution in [3.05, 3.63) is 99.0 Å². The number of rotatable bonds is 12. The van der Waals surface area contributed by atoms with E-state index in [0.717, 1.165) is 14.3 Å². The van der Waals surface area contributed by atoms with Crippen molar-refractivity contribution in [3.63, 3.8) is 0 Å². The average Bonchev–Trinajstić information content (AvgIpc) is 2.94. The van der Waals surface area contributed by atoms with Crippen LogP contribution in [-0.4, -0.2) is 49.2 Å². The van der Waals surface area contributed by atoms with Gasteiger partial charge in [0.1, 0.15) is 12.6 Å². The molecule has 0 aliphatic carbocycles. The van der Waals surface area contributed by atoms with E-state index in [1.165, 1.54) is 41.3 Å². The number of non-ortho nitro benzene ring substituents is 1. The van der Waals surface area contributed by atoms with Crippen LogP contribution in [0.25, 0.3) is 0 Å². The second-order valence-electron chi connectivity index (χ2n) is 9.56. The minimum absolute atomic E-state index is 0.0525. The highest BCUT2D eigenvalue weighted by atomic mass is 79.9. The van der Waals surface area contributed by atoms with E-state index in [-0.39, 0.29) is 34.6 Å². The van der Waals surface area contributed by atoms with Crippen molar-refractivity contribution in [2.45, 2.75) is 38.3 Å². The number of hydrogen-bond acceptors (Lipinski definition) is 6. The standard InChI is InChI=1S/C28H31BrN4O6S/c1-20(2)17-30-28(35)21(3)31(18-22-9-11-23(29)12-10-22)27(34)19-32(24-13-15-25(16-14-24)33(36)37)40(38,39)26-7-5-4-6-8-26/h4-16,20-21H,17-19H2,1-3H3,(H,30,35)/t21-/m1/s1. The summed E-state index contributed by atoms with van der Waals surface area (Å²) in [7, 11) is -4.25. The number of amides is 2. The number of halogens is 1. The van der Waals surface area contributed by atoms with Crippen molar-refractivity contribution < 1.29 is 22.9 Å². The van der Waals surface area contributed by atoms with Crippen LogP contribution >= 0.6 is 15.9 Å². The molecule has 0 radical (unpaired) electrons. The number of nitro groups is 1. The number of carbonyl (C=O) groups is 2. The number of sulfonamides is 1. The molecule has 1 N–H and O–H groups in total. The zero-order valence-corrected chi connectivity index (χ0v) is 24.8. The number of nitrogens with zero attached hydrogens (tertiary/aromatic N) is 3. The van der Waals surface area contributed by atoms with E-state index in [2.05, 4.69) is 21.2 Å². The molecular formula is C28H31BrN4O6S. The van der Waals surface area contributed by atoms with Crippen LogP contribution in [0.3, 0.4) is 0 Å². The molecule has 12 heteroatoms. The average molecular weight is 632 g/mol. The van der Waals surface area contributed by atoms with E-state index in [1.807, 2.05) is 26.0 Å². The van der Waals surface area contributed by atoms with Crippen LogP contribution in [0.2, 0.25) is 0 Å². The fourth-order valence-electron chi connectivity index (χ4n) is 3.81. The number of nitrogens with one attached hydrogen (secondary N) is 1. The number of benzene rings is 3. The lowest BCUT2D eigenvalue weighted by Gasteiger charge is -2.32. The largest absolute Gasteiger partial charge is 0.354 e. The molecule has 3 aromatic rings. The molecule has 0 spiro atoms. The Kier molecular flexibility index (Phi) is 10.4. The van der Waals surface area contributed by atoms with E-state index < -0.39 is 33.4 Å². The van der Waals surface area contributed by atoms with Gasteiger partial charge in [0.05, 0.1) is 15.5 Å². The van der Waals surface area contributed by atoms with Gasteiger partial charge in [-0.15, -0.1) is 0 Å². The second kappa shape index (κ2) is 13.5. The third kappa shape index (κ3) is 7.89. The lowest BCUT2D eigenvalue weighted by atomic mass is 10.1. The lowest BCUT2D eigenvalue weighted by Crippen LogP contribution is -2.51. The highest BCUT2D eigenvalue weighted by Crippen LogP contribution is 2.26. The zero-order valence-electron chi connectivity index (χ0n) is 22.4. The molecule has 40 heavy (non-hydrogen) atoms. The number of carbonyl (C=O) groups excluding carboxylic acids is 2. The smallest absolute Gasteiger partial charge is 0.269 e. The van der Waals surface area contributed by atoms with Gasteiger partial charge in [-0.1, -0.05) is 60.1 Å². The first-order chi connectivity index (χ1) is 18.9. The molecule has 212 valence electrons. The van der Waals surface area contributed by atoms with Gasteiger partial charge in [0.15, 0.2) is 0 Å². The van der Waals surface area contributed by atoms with Crippen LogP contribution in [0.15, 0.2) is 88.2 Å². The Morgan fingerprint density at radius 1 is 0.950 bits per heavy atom. The van der Waals surface area contributed by atoms with Gasteiger partial charge < -0.3 is 10.2 Å². The molecule has 0 saturated heterocycles. The predicted molar refractivity (Wildman–Crippen MR) is 156 cm³/mol. The summed E-state index contributed by atoms with van der Waals surface area (Å²) in [6.07, 6.45) is 0. The van der Waals surface area contributed by atoms with Crippen molar-refractivity contribution >= 4 is 49.1 Å². The fourth-order valence-corrected chi connectivity index (χ4v) is 5.51. The Morgan fingerprint density at radius 2 is 1.55 bits per heavy atom. The van der Waals surface area contributed by atoms with Crippen LogP contribution in [0.5, 0.6) is 0 Å². The van der Waals surface area contributed by atoms with Crippen LogP contribution in [0, 0.1) is 16.0 Å². The Bertz CT molecular complexity index is 1430. The summed E-state index contributed by atoms with van der Waals surface area (Å²) in [5.41, 5.74) is 0.593. The molecule has 3 rings (SSSR count). The normalized spacial score (nSPS) is 12.0. The Labute approximate surface area is 242 Å². The summed E-state index contributed by atoms with van der Waals surface area (Å²) in [5, 5.41) is 14.0. The molecule has 1 atom stereocenters. The molecule has 0 heterocycles. The van der Waals surface area contributed by atoms with E-state index in [1.54, 1.807) is 37.3 Å². The maximum Gasteiger partial charge on any atom is 0.269 e. The maximum absolute atomic E-state index is 13.9. The summed E-state index contributed by atoms with van der Waals surface area (Å²) >= 11 is 3.38. The molecule has 0 unspecified atom stereocenters. The zero-order chi connectivity index (χ0) is 29.4.